The molecule has 0 aliphatic rings. The lowest BCUT2D eigenvalue weighted by Gasteiger charge is -2.32. The highest BCUT2D eigenvalue weighted by molar-refractivity contribution is 7.74. The second-order valence-corrected chi connectivity index (χ2v) is 12.7. The minimum Gasteiger partial charge on any atom is -0.373 e. The van der Waals surface area contributed by atoms with Gasteiger partial charge in [-0.2, -0.15) is 0 Å². The van der Waals surface area contributed by atoms with E-state index in [1.54, 1.807) is 0 Å². The van der Waals surface area contributed by atoms with Crippen LogP contribution in [0.3, 0.4) is 0 Å². The molecule has 0 aromatic heterocycles. The number of hydrogen-bond acceptors (Lipinski definition) is 8. The number of rotatable bonds is 15. The minimum absolute atomic E-state index is 0.0875. The Labute approximate surface area is 275 Å². The summed E-state index contributed by atoms with van der Waals surface area (Å²) in [6.07, 6.45) is 4.87. The molecule has 0 fully saturated rings. The summed E-state index contributed by atoms with van der Waals surface area (Å²) in [6, 6.07) is 2.00. The number of unbranched alkanes of at least 4 members (excludes halogenated alkanes) is 2. The maximum absolute atomic E-state index is 5.46. The van der Waals surface area contributed by atoms with Crippen molar-refractivity contribution in [2.75, 3.05) is 76.8 Å². The Morgan fingerprint density at radius 2 is 1.07 bits per heavy atom. The predicted octanol–water partition coefficient (Wildman–Crippen LogP) is 10.1. The van der Waals surface area contributed by atoms with Gasteiger partial charge in [0.05, 0.1) is 29.4 Å². The Balaban J connectivity index is 0. The van der Waals surface area contributed by atoms with Crippen molar-refractivity contribution in [1.82, 2.24) is 9.80 Å². The topological polar surface area (TPSA) is 13.0 Å². The lowest BCUT2D eigenvalue weighted by Crippen LogP contribution is -2.28. The third-order valence-electron chi connectivity index (χ3n) is 7.09. The van der Waals surface area contributed by atoms with Crippen LogP contribution in [0.15, 0.2) is 6.07 Å². The molecule has 0 radical (unpaired) electrons. The van der Waals surface area contributed by atoms with E-state index < -0.39 is 0 Å². The SMILES string of the molecule is CC.CC.CCN(C)CCCCN(C)c1cc(=S)c1=S.CCN(CC)CCCCN(C)c1c(C(C)(C)C)c(=S)c1=S. The van der Waals surface area contributed by atoms with Gasteiger partial charge < -0.3 is 19.6 Å². The van der Waals surface area contributed by atoms with E-state index >= 15 is 0 Å². The standard InChI is InChI=1S/C17H30N2S2.C12H20N2S2.2C2H6/c1-7-19(8-2)12-10-9-11-18(6)14-13(17(3,4)5)15(20)16(14)21;1-4-13(2)7-5-6-8-14(3)10-9-11(15)12(10)16;2*1-2/h7-12H2,1-6H3;9H,4-8H2,1-3H3;2*1-2H3. The first-order chi connectivity index (χ1) is 19.3. The summed E-state index contributed by atoms with van der Waals surface area (Å²) in [4.78, 5) is 9.33. The molecule has 0 spiro atoms. The highest BCUT2D eigenvalue weighted by Gasteiger charge is 2.27. The third kappa shape index (κ3) is 14.6. The van der Waals surface area contributed by atoms with Crippen LogP contribution >= 0.6 is 48.9 Å². The third-order valence-corrected chi connectivity index (χ3v) is 8.90. The molecule has 0 bridgehead atoms. The molecular formula is C33H62N4S4. The van der Waals surface area contributed by atoms with Gasteiger partial charge in [-0.25, -0.2) is 0 Å². The van der Waals surface area contributed by atoms with Crippen molar-refractivity contribution in [2.24, 2.45) is 0 Å². The van der Waals surface area contributed by atoms with Crippen LogP contribution in [0.2, 0.25) is 0 Å². The molecule has 2 aromatic rings. The quantitative estimate of drug-likeness (QED) is 0.139. The van der Waals surface area contributed by atoms with Crippen molar-refractivity contribution in [3.63, 3.8) is 0 Å². The van der Waals surface area contributed by atoms with Crippen molar-refractivity contribution in [3.8, 4) is 0 Å². The summed E-state index contributed by atoms with van der Waals surface area (Å²) in [6.45, 7) is 29.2. The molecular weight excluding hydrogens is 581 g/mol. The van der Waals surface area contributed by atoms with Gasteiger partial charge in [-0.15, -0.1) is 0 Å². The van der Waals surface area contributed by atoms with E-state index in [2.05, 4.69) is 82.3 Å². The van der Waals surface area contributed by atoms with Crippen molar-refractivity contribution in [3.05, 3.63) is 29.7 Å². The van der Waals surface area contributed by atoms with Crippen molar-refractivity contribution < 1.29 is 0 Å². The zero-order chi connectivity index (χ0) is 32.3. The van der Waals surface area contributed by atoms with Gasteiger partial charge in [0.15, 0.2) is 0 Å². The smallest absolute Gasteiger partial charge is 0.0798 e. The molecule has 4 nitrogen and oxygen atoms in total. The summed E-state index contributed by atoms with van der Waals surface area (Å²) in [5, 5.41) is 0. The Kier molecular flexibility index (Phi) is 23.7. The lowest BCUT2D eigenvalue weighted by atomic mass is 9.83. The van der Waals surface area contributed by atoms with Crippen LogP contribution in [-0.4, -0.2) is 76.8 Å². The van der Waals surface area contributed by atoms with Gasteiger partial charge in [-0.3, -0.25) is 0 Å². The van der Waals surface area contributed by atoms with Gasteiger partial charge in [0, 0.05) is 32.7 Å². The normalized spacial score (nSPS) is 11.0. The van der Waals surface area contributed by atoms with E-state index in [1.807, 2.05) is 33.8 Å². The second kappa shape index (κ2) is 22.8. The lowest BCUT2D eigenvalue weighted by molar-refractivity contribution is 0.297. The minimum atomic E-state index is 0.0875. The van der Waals surface area contributed by atoms with Crippen molar-refractivity contribution in [2.45, 2.75) is 100 Å². The van der Waals surface area contributed by atoms with Gasteiger partial charge in [-0.1, -0.05) is 118 Å². The molecule has 0 N–H and O–H groups in total. The van der Waals surface area contributed by atoms with Crippen LogP contribution < -0.4 is 9.80 Å². The molecule has 0 amide bonds. The van der Waals surface area contributed by atoms with Crippen LogP contribution in [-0.2, 0) is 5.41 Å². The van der Waals surface area contributed by atoms with Crippen molar-refractivity contribution >= 4 is 60.2 Å². The summed E-state index contributed by atoms with van der Waals surface area (Å²) in [7, 11) is 6.39. The van der Waals surface area contributed by atoms with E-state index in [1.165, 1.54) is 50.0 Å². The average molecular weight is 643 g/mol. The van der Waals surface area contributed by atoms with Crippen LogP contribution in [0.1, 0.15) is 100 Å². The van der Waals surface area contributed by atoms with Crippen LogP contribution in [0.4, 0.5) is 11.4 Å². The molecule has 0 atom stereocenters. The first-order valence-electron chi connectivity index (χ1n) is 15.8. The molecule has 238 valence electrons. The number of anilines is 2. The van der Waals surface area contributed by atoms with Crippen LogP contribution in [0, 0.1) is 18.0 Å². The Morgan fingerprint density at radius 1 is 0.610 bits per heavy atom. The number of nitrogens with zero attached hydrogens (tertiary/aromatic N) is 4. The fourth-order valence-corrected chi connectivity index (χ4v) is 5.72. The first-order valence-corrected chi connectivity index (χ1v) is 17.4. The predicted molar refractivity (Wildman–Crippen MR) is 198 cm³/mol. The highest BCUT2D eigenvalue weighted by Crippen LogP contribution is 2.39. The molecule has 0 aliphatic heterocycles. The monoisotopic (exact) mass is 642 g/mol. The molecule has 2 rings (SSSR count). The number of hydrogen-bond donors (Lipinski definition) is 0. The van der Waals surface area contributed by atoms with E-state index in [9.17, 15) is 0 Å². The van der Waals surface area contributed by atoms with Gasteiger partial charge in [0.1, 0.15) is 0 Å². The Hall–Kier alpha value is -0.640. The molecule has 41 heavy (non-hydrogen) atoms. The molecule has 0 unspecified atom stereocenters. The summed E-state index contributed by atoms with van der Waals surface area (Å²) >= 11 is 21.1. The van der Waals surface area contributed by atoms with Gasteiger partial charge in [0.2, 0.25) is 0 Å². The Morgan fingerprint density at radius 3 is 1.49 bits per heavy atom. The van der Waals surface area contributed by atoms with E-state index in [-0.39, 0.29) is 5.41 Å². The molecule has 0 aliphatic carbocycles. The Bertz CT molecular complexity index is 1080. The van der Waals surface area contributed by atoms with Crippen molar-refractivity contribution in [1.29, 1.82) is 0 Å². The van der Waals surface area contributed by atoms with E-state index in [0.29, 0.717) is 0 Å². The van der Waals surface area contributed by atoms with Gasteiger partial charge >= 0.3 is 0 Å². The summed E-state index contributed by atoms with van der Waals surface area (Å²) < 4.78 is 3.49. The molecule has 8 heteroatoms. The van der Waals surface area contributed by atoms with Crippen LogP contribution in [0.25, 0.3) is 0 Å². The fraction of sp³-hybridized carbons (Fsp3) is 0.758. The maximum Gasteiger partial charge on any atom is 0.0798 e. The first kappa shape index (κ1) is 42.5. The van der Waals surface area contributed by atoms with E-state index in [4.69, 9.17) is 48.9 Å². The fourth-order valence-electron chi connectivity index (χ4n) is 4.37. The van der Waals surface area contributed by atoms with Gasteiger partial charge in [0.25, 0.3) is 0 Å². The summed E-state index contributed by atoms with van der Waals surface area (Å²) in [5.74, 6) is 0. The maximum atomic E-state index is 5.46. The van der Waals surface area contributed by atoms with E-state index in [0.717, 1.165) is 56.5 Å². The molecule has 0 heterocycles. The summed E-state index contributed by atoms with van der Waals surface area (Å²) in [5.41, 5.74) is 3.72. The molecule has 0 saturated carbocycles. The van der Waals surface area contributed by atoms with Crippen LogP contribution in [0.5, 0.6) is 0 Å². The highest BCUT2D eigenvalue weighted by atomic mass is 32.1. The zero-order valence-corrected chi connectivity index (χ0v) is 32.0. The molecule has 2 aromatic carbocycles. The second-order valence-electron chi connectivity index (χ2n) is 11.0. The zero-order valence-electron chi connectivity index (χ0n) is 28.8. The van der Waals surface area contributed by atoms with Gasteiger partial charge in [-0.05, 0) is 76.9 Å². The average Bonchev–Trinajstić information content (AvgIpc) is 2.97. The largest absolute Gasteiger partial charge is 0.373 e. The molecule has 0 saturated heterocycles.